The molecule has 0 aliphatic heterocycles. The van der Waals surface area contributed by atoms with E-state index in [2.05, 4.69) is 15.5 Å². The maximum atomic E-state index is 13.8. The first-order valence-corrected chi connectivity index (χ1v) is 8.97. The van der Waals surface area contributed by atoms with E-state index in [1.807, 2.05) is 0 Å². The summed E-state index contributed by atoms with van der Waals surface area (Å²) in [6, 6.07) is -0.928. The summed E-state index contributed by atoms with van der Waals surface area (Å²) in [5.41, 5.74) is 4.99. The van der Waals surface area contributed by atoms with Crippen LogP contribution in [-0.2, 0) is 9.59 Å². The number of carbonyl (C=O) groups excluding carboxylic acids is 3. The first-order valence-electron chi connectivity index (χ1n) is 8.97. The number of hydrogen-bond donors (Lipinski definition) is 2. The zero-order valence-corrected chi connectivity index (χ0v) is 15.3. The van der Waals surface area contributed by atoms with Crippen LogP contribution in [0.1, 0.15) is 74.8 Å². The lowest BCUT2D eigenvalue weighted by molar-refractivity contribution is -0.126. The van der Waals surface area contributed by atoms with E-state index in [1.165, 1.54) is 6.92 Å². The van der Waals surface area contributed by atoms with E-state index in [0.29, 0.717) is 5.82 Å². The van der Waals surface area contributed by atoms with Crippen molar-refractivity contribution >= 4 is 17.6 Å². The number of primary amides is 1. The predicted octanol–water partition coefficient (Wildman–Crippen LogP) is 1.95. The van der Waals surface area contributed by atoms with Gasteiger partial charge < -0.3 is 15.6 Å². The number of nitrogens with one attached hydrogen (secondary N) is 1. The summed E-state index contributed by atoms with van der Waals surface area (Å²) in [4.78, 5) is 39.3. The van der Waals surface area contributed by atoms with Crippen molar-refractivity contribution in [2.45, 2.75) is 70.3 Å². The van der Waals surface area contributed by atoms with Crippen LogP contribution in [0.25, 0.3) is 0 Å². The van der Waals surface area contributed by atoms with Crippen LogP contribution in [0.5, 0.6) is 0 Å². The van der Waals surface area contributed by atoms with Gasteiger partial charge in [-0.1, -0.05) is 19.0 Å². The number of halogens is 2. The van der Waals surface area contributed by atoms with Gasteiger partial charge in [-0.25, -0.2) is 8.78 Å². The van der Waals surface area contributed by atoms with Crippen molar-refractivity contribution in [2.75, 3.05) is 0 Å². The maximum absolute atomic E-state index is 13.8. The molecule has 3 N–H and O–H groups in total. The summed E-state index contributed by atoms with van der Waals surface area (Å²) in [5.74, 6) is -5.75. The molecule has 1 aromatic rings. The average molecular weight is 386 g/mol. The molecule has 2 atom stereocenters. The summed E-state index contributed by atoms with van der Waals surface area (Å²) >= 11 is 0. The second-order valence-corrected chi connectivity index (χ2v) is 6.99. The van der Waals surface area contributed by atoms with Crippen molar-refractivity contribution in [2.24, 2.45) is 11.7 Å². The molecule has 10 heteroatoms. The molecule has 0 spiro atoms. The molecule has 1 aliphatic rings. The summed E-state index contributed by atoms with van der Waals surface area (Å²) in [7, 11) is 0. The molecule has 2 rings (SSSR count). The van der Waals surface area contributed by atoms with Crippen molar-refractivity contribution in [3.8, 4) is 0 Å². The smallest absolute Gasteiger partial charge is 0.296 e. The molecule has 8 nitrogen and oxygen atoms in total. The third-order valence-corrected chi connectivity index (χ3v) is 4.46. The van der Waals surface area contributed by atoms with E-state index in [1.54, 1.807) is 6.92 Å². The van der Waals surface area contributed by atoms with E-state index in [9.17, 15) is 23.2 Å². The van der Waals surface area contributed by atoms with Crippen molar-refractivity contribution in [1.82, 2.24) is 15.5 Å². The number of ketones is 1. The second-order valence-electron chi connectivity index (χ2n) is 6.99. The molecule has 150 valence electrons. The van der Waals surface area contributed by atoms with Gasteiger partial charge in [0.1, 0.15) is 0 Å². The van der Waals surface area contributed by atoms with Gasteiger partial charge >= 0.3 is 0 Å². The quantitative estimate of drug-likeness (QED) is 0.560. The Bertz CT molecular complexity index is 703. The van der Waals surface area contributed by atoms with Crippen molar-refractivity contribution in [3.63, 3.8) is 0 Å². The Morgan fingerprint density at radius 1 is 1.37 bits per heavy atom. The van der Waals surface area contributed by atoms with Crippen LogP contribution in [0, 0.1) is 5.92 Å². The van der Waals surface area contributed by atoms with Gasteiger partial charge in [-0.2, -0.15) is 4.98 Å². The lowest BCUT2D eigenvalue weighted by Gasteiger charge is -2.19. The Hall–Kier alpha value is -2.39. The molecule has 2 unspecified atom stereocenters. The predicted molar refractivity (Wildman–Crippen MR) is 90.0 cm³/mol. The van der Waals surface area contributed by atoms with Crippen molar-refractivity contribution < 1.29 is 27.7 Å². The Kier molecular flexibility index (Phi) is 6.61. The lowest BCUT2D eigenvalue weighted by Crippen LogP contribution is -2.41. The average Bonchev–Trinajstić information content (AvgIpc) is 3.34. The standard InChI is InChI=1S/C17H24F2N4O4/c1-3-11(13(25)16-22-15(23-27-16)10-4-5-10)21-12(24)6-7-17(18,19)8-9(2)14(20)26/h9-11H,3-8H2,1-2H3,(H2,20,26)(H,21,24). The number of carbonyl (C=O) groups is 3. The van der Waals surface area contributed by atoms with Gasteiger partial charge in [0.05, 0.1) is 6.04 Å². The van der Waals surface area contributed by atoms with E-state index < -0.39 is 54.7 Å². The zero-order valence-electron chi connectivity index (χ0n) is 15.3. The largest absolute Gasteiger partial charge is 0.369 e. The van der Waals surface area contributed by atoms with Crippen LogP contribution in [0.4, 0.5) is 8.78 Å². The van der Waals surface area contributed by atoms with E-state index in [-0.39, 0.29) is 18.2 Å². The Morgan fingerprint density at radius 2 is 2.04 bits per heavy atom. The molecule has 27 heavy (non-hydrogen) atoms. The van der Waals surface area contributed by atoms with Gasteiger partial charge in [0.15, 0.2) is 5.82 Å². The topological polar surface area (TPSA) is 128 Å². The normalized spacial score (nSPS) is 16.6. The highest BCUT2D eigenvalue weighted by Crippen LogP contribution is 2.38. The van der Waals surface area contributed by atoms with E-state index >= 15 is 0 Å². The summed E-state index contributed by atoms with van der Waals surface area (Å²) in [5, 5.41) is 6.18. The molecule has 2 amide bonds. The van der Waals surface area contributed by atoms with Crippen LogP contribution in [0.2, 0.25) is 0 Å². The van der Waals surface area contributed by atoms with Crippen molar-refractivity contribution in [3.05, 3.63) is 11.7 Å². The number of nitrogens with two attached hydrogens (primary N) is 1. The highest BCUT2D eigenvalue weighted by atomic mass is 19.3. The fourth-order valence-corrected chi connectivity index (χ4v) is 2.56. The molecular formula is C17H24F2N4O4. The Morgan fingerprint density at radius 3 is 2.59 bits per heavy atom. The zero-order chi connectivity index (χ0) is 20.2. The molecular weight excluding hydrogens is 362 g/mol. The Labute approximate surface area is 155 Å². The number of amides is 2. The number of rotatable bonds is 11. The minimum atomic E-state index is -3.21. The lowest BCUT2D eigenvalue weighted by atomic mass is 9.99. The summed E-state index contributed by atoms with van der Waals surface area (Å²) in [6.45, 7) is 2.98. The maximum Gasteiger partial charge on any atom is 0.296 e. The van der Waals surface area contributed by atoms with E-state index in [0.717, 1.165) is 12.8 Å². The highest BCUT2D eigenvalue weighted by Gasteiger charge is 2.35. The third kappa shape index (κ3) is 6.07. The summed E-state index contributed by atoms with van der Waals surface area (Å²) in [6.07, 6.45) is 0.193. The molecule has 0 bridgehead atoms. The van der Waals surface area contributed by atoms with Crippen LogP contribution in [0.15, 0.2) is 4.52 Å². The van der Waals surface area contributed by atoms with Gasteiger partial charge in [0.2, 0.25) is 23.5 Å². The third-order valence-electron chi connectivity index (χ3n) is 4.46. The molecule has 1 saturated carbocycles. The fraction of sp³-hybridized carbons (Fsp3) is 0.706. The second kappa shape index (κ2) is 8.53. The molecule has 1 aromatic heterocycles. The first kappa shape index (κ1) is 20.9. The van der Waals surface area contributed by atoms with Crippen LogP contribution < -0.4 is 11.1 Å². The fourth-order valence-electron chi connectivity index (χ4n) is 2.56. The number of hydrogen-bond acceptors (Lipinski definition) is 6. The number of Topliss-reactive ketones (excluding diaryl/α,β-unsaturated/α-hetero) is 1. The van der Waals surface area contributed by atoms with Crippen LogP contribution in [0.3, 0.4) is 0 Å². The van der Waals surface area contributed by atoms with Gasteiger partial charge in [-0.3, -0.25) is 14.4 Å². The molecule has 1 heterocycles. The molecule has 0 saturated heterocycles. The SMILES string of the molecule is CCC(NC(=O)CCC(F)(F)CC(C)C(N)=O)C(=O)c1nc(C2CC2)no1. The molecule has 0 radical (unpaired) electrons. The first-order chi connectivity index (χ1) is 12.6. The number of nitrogens with zero attached hydrogens (tertiary/aromatic N) is 2. The molecule has 1 aliphatic carbocycles. The van der Waals surface area contributed by atoms with Gasteiger partial charge in [0.25, 0.3) is 5.89 Å². The van der Waals surface area contributed by atoms with E-state index in [4.69, 9.17) is 10.3 Å². The highest BCUT2D eigenvalue weighted by molar-refractivity contribution is 5.98. The van der Waals surface area contributed by atoms with Crippen LogP contribution in [-0.4, -0.2) is 39.7 Å². The van der Waals surface area contributed by atoms with Gasteiger partial charge in [-0.05, 0) is 19.3 Å². The number of alkyl halides is 2. The minimum Gasteiger partial charge on any atom is -0.369 e. The van der Waals surface area contributed by atoms with Gasteiger partial charge in [0, 0.05) is 31.1 Å². The van der Waals surface area contributed by atoms with Gasteiger partial charge in [-0.15, -0.1) is 0 Å². The van der Waals surface area contributed by atoms with Crippen LogP contribution >= 0.6 is 0 Å². The summed E-state index contributed by atoms with van der Waals surface area (Å²) < 4.78 is 32.6. The monoisotopic (exact) mass is 386 g/mol. The van der Waals surface area contributed by atoms with Crippen molar-refractivity contribution in [1.29, 1.82) is 0 Å². The minimum absolute atomic E-state index is 0.190. The molecule has 1 fully saturated rings. The number of aromatic nitrogens is 2. The Balaban J connectivity index is 1.86. The molecule has 0 aromatic carbocycles.